The number of amidine groups is 2. The molecule has 4 nitrogen and oxygen atoms in total. The van der Waals surface area contributed by atoms with E-state index in [1.54, 1.807) is 0 Å². The summed E-state index contributed by atoms with van der Waals surface area (Å²) in [6.45, 7) is 2.05. The topological polar surface area (TPSA) is 45.0 Å². The number of aliphatic imine (C=N–C) groups is 2. The van der Waals surface area contributed by atoms with Gasteiger partial charge in [0.15, 0.2) is 10.2 Å². The summed E-state index contributed by atoms with van der Waals surface area (Å²) in [6, 6.07) is 7.72. The Kier molecular flexibility index (Phi) is 4.62. The molecule has 0 spiro atoms. The SMILES string of the molecule is CC(Cl)(Cl)C(=O)N=C1N=C2C=CC(I)=CN2Cc2ccccc21. The number of benzene rings is 1. The van der Waals surface area contributed by atoms with Crippen LogP contribution in [0, 0.1) is 0 Å². The molecule has 0 radical (unpaired) electrons. The van der Waals surface area contributed by atoms with E-state index in [9.17, 15) is 4.79 Å². The van der Waals surface area contributed by atoms with Crippen molar-refractivity contribution in [2.24, 2.45) is 9.98 Å². The van der Waals surface area contributed by atoms with Crippen molar-refractivity contribution in [2.45, 2.75) is 17.8 Å². The lowest BCUT2D eigenvalue weighted by Crippen LogP contribution is -2.25. The van der Waals surface area contributed by atoms with E-state index < -0.39 is 10.2 Å². The molecule has 0 unspecified atom stereocenters. The van der Waals surface area contributed by atoms with Crippen LogP contribution in [0.2, 0.25) is 0 Å². The van der Waals surface area contributed by atoms with Crippen LogP contribution >= 0.6 is 45.8 Å². The second-order valence-electron chi connectivity index (χ2n) is 5.23. The van der Waals surface area contributed by atoms with E-state index in [0.717, 1.165) is 20.5 Å². The largest absolute Gasteiger partial charge is 0.327 e. The molecule has 0 saturated carbocycles. The van der Waals surface area contributed by atoms with Crippen molar-refractivity contribution in [3.63, 3.8) is 0 Å². The Labute approximate surface area is 157 Å². The van der Waals surface area contributed by atoms with Crippen molar-refractivity contribution < 1.29 is 4.79 Å². The lowest BCUT2D eigenvalue weighted by atomic mass is 10.1. The third-order valence-electron chi connectivity index (χ3n) is 3.37. The van der Waals surface area contributed by atoms with Gasteiger partial charge in [-0.05, 0) is 47.2 Å². The molecule has 1 aromatic rings. The van der Waals surface area contributed by atoms with Gasteiger partial charge in [0.1, 0.15) is 5.84 Å². The van der Waals surface area contributed by atoms with E-state index in [2.05, 4.69) is 32.6 Å². The van der Waals surface area contributed by atoms with E-state index in [1.165, 1.54) is 6.92 Å². The van der Waals surface area contributed by atoms with Gasteiger partial charge in [0, 0.05) is 21.9 Å². The van der Waals surface area contributed by atoms with E-state index in [0.29, 0.717) is 12.4 Å². The molecule has 1 amide bonds. The molecule has 118 valence electrons. The van der Waals surface area contributed by atoms with Crippen LogP contribution < -0.4 is 0 Å². The van der Waals surface area contributed by atoms with Gasteiger partial charge in [0.2, 0.25) is 0 Å². The van der Waals surface area contributed by atoms with Crippen LogP contribution in [-0.2, 0) is 11.3 Å². The molecule has 0 fully saturated rings. The van der Waals surface area contributed by atoms with Gasteiger partial charge in [0.05, 0.1) is 0 Å². The number of amides is 1. The first-order valence-corrected chi connectivity index (χ1v) is 8.68. The van der Waals surface area contributed by atoms with Crippen LogP contribution in [0.1, 0.15) is 18.1 Å². The zero-order valence-electron chi connectivity index (χ0n) is 12.1. The summed E-state index contributed by atoms with van der Waals surface area (Å²) in [4.78, 5) is 22.7. The minimum absolute atomic E-state index is 0.325. The molecule has 2 heterocycles. The van der Waals surface area contributed by atoms with Crippen molar-refractivity contribution in [1.82, 2.24) is 4.90 Å². The fourth-order valence-corrected chi connectivity index (χ4v) is 2.84. The zero-order chi connectivity index (χ0) is 16.6. The molecule has 0 saturated heterocycles. The van der Waals surface area contributed by atoms with Crippen molar-refractivity contribution in [3.05, 3.63) is 57.3 Å². The Morgan fingerprint density at radius 2 is 2.09 bits per heavy atom. The summed E-state index contributed by atoms with van der Waals surface area (Å²) in [5.74, 6) is 0.415. The predicted molar refractivity (Wildman–Crippen MR) is 102 cm³/mol. The number of fused-ring (bicyclic) bond motifs is 2. The van der Waals surface area contributed by atoms with Gasteiger partial charge in [-0.1, -0.05) is 47.5 Å². The van der Waals surface area contributed by atoms with Crippen molar-refractivity contribution >= 4 is 63.4 Å². The number of rotatable bonds is 1. The fraction of sp³-hybridized carbons (Fsp3) is 0.188. The second kappa shape index (κ2) is 6.37. The van der Waals surface area contributed by atoms with Crippen LogP contribution in [-0.4, -0.2) is 26.8 Å². The minimum atomic E-state index is -1.58. The number of hydrogen-bond acceptors (Lipinski definition) is 2. The Morgan fingerprint density at radius 1 is 1.35 bits per heavy atom. The highest BCUT2D eigenvalue weighted by molar-refractivity contribution is 14.1. The summed E-state index contributed by atoms with van der Waals surface area (Å²) in [5.41, 5.74) is 1.83. The number of carbonyl (C=O) groups excluding carboxylic acids is 1. The van der Waals surface area contributed by atoms with Crippen molar-refractivity contribution in [1.29, 1.82) is 0 Å². The second-order valence-corrected chi connectivity index (χ2v) is 8.18. The van der Waals surface area contributed by atoms with Crippen LogP contribution in [0.15, 0.2) is 56.2 Å². The maximum atomic E-state index is 12.1. The quantitative estimate of drug-likeness (QED) is 0.466. The smallest absolute Gasteiger partial charge is 0.283 e. The monoisotopic (exact) mass is 459 g/mol. The fourth-order valence-electron chi connectivity index (χ4n) is 2.24. The van der Waals surface area contributed by atoms with Gasteiger partial charge < -0.3 is 4.90 Å². The Balaban J connectivity index is 2.14. The van der Waals surface area contributed by atoms with E-state index in [1.807, 2.05) is 47.5 Å². The first-order valence-electron chi connectivity index (χ1n) is 6.84. The minimum Gasteiger partial charge on any atom is -0.327 e. The van der Waals surface area contributed by atoms with Gasteiger partial charge in [-0.3, -0.25) is 4.79 Å². The molecule has 0 bridgehead atoms. The normalized spacial score (nSPS) is 18.8. The summed E-state index contributed by atoms with van der Waals surface area (Å²) in [7, 11) is 0. The summed E-state index contributed by atoms with van der Waals surface area (Å²) in [6.07, 6.45) is 5.86. The van der Waals surface area contributed by atoms with Gasteiger partial charge in [-0.25, -0.2) is 4.99 Å². The molecule has 1 aromatic carbocycles. The number of hydrogen-bond donors (Lipinski definition) is 0. The molecule has 7 heteroatoms. The lowest BCUT2D eigenvalue weighted by molar-refractivity contribution is -0.118. The number of alkyl halides is 2. The Morgan fingerprint density at radius 3 is 2.83 bits per heavy atom. The molecule has 3 rings (SSSR count). The lowest BCUT2D eigenvalue weighted by Gasteiger charge is -2.21. The van der Waals surface area contributed by atoms with Gasteiger partial charge >= 0.3 is 0 Å². The first-order chi connectivity index (χ1) is 10.8. The van der Waals surface area contributed by atoms with Gasteiger partial charge in [-0.15, -0.1) is 0 Å². The maximum Gasteiger partial charge on any atom is 0.283 e. The number of nitrogens with zero attached hydrogens (tertiary/aromatic N) is 3. The van der Waals surface area contributed by atoms with Gasteiger partial charge in [-0.2, -0.15) is 4.99 Å². The van der Waals surface area contributed by atoms with Crippen LogP contribution in [0.4, 0.5) is 0 Å². The zero-order valence-corrected chi connectivity index (χ0v) is 15.8. The Hall–Kier alpha value is -1.18. The predicted octanol–water partition coefficient (Wildman–Crippen LogP) is 4.21. The summed E-state index contributed by atoms with van der Waals surface area (Å²) in [5, 5.41) is 0. The molecule has 0 N–H and O–H groups in total. The summed E-state index contributed by atoms with van der Waals surface area (Å²) >= 11 is 14.0. The molecule has 0 atom stereocenters. The average Bonchev–Trinajstić information content (AvgIpc) is 2.62. The molecule has 23 heavy (non-hydrogen) atoms. The standard InChI is InChI=1S/C16H12Cl2IN3O/c1-16(17,18)15(23)21-14-12-5-3-2-4-10(12)8-22-9-11(19)6-7-13(22)20-14/h2-7,9H,8H2,1H3. The van der Waals surface area contributed by atoms with E-state index in [4.69, 9.17) is 23.2 Å². The van der Waals surface area contributed by atoms with E-state index >= 15 is 0 Å². The highest BCUT2D eigenvalue weighted by Gasteiger charge is 2.29. The molecule has 0 aromatic heterocycles. The highest BCUT2D eigenvalue weighted by Crippen LogP contribution is 2.26. The van der Waals surface area contributed by atoms with Crippen LogP contribution in [0.3, 0.4) is 0 Å². The maximum absolute atomic E-state index is 12.1. The third-order valence-corrected chi connectivity index (χ3v) is 4.33. The molecule has 2 aliphatic heterocycles. The first kappa shape index (κ1) is 16.7. The van der Waals surface area contributed by atoms with Crippen LogP contribution in [0.25, 0.3) is 0 Å². The van der Waals surface area contributed by atoms with Crippen molar-refractivity contribution in [2.75, 3.05) is 0 Å². The van der Waals surface area contributed by atoms with Crippen molar-refractivity contribution in [3.8, 4) is 0 Å². The highest BCUT2D eigenvalue weighted by atomic mass is 127. The van der Waals surface area contributed by atoms with Crippen LogP contribution in [0.5, 0.6) is 0 Å². The third kappa shape index (κ3) is 3.67. The Bertz CT molecular complexity index is 791. The number of halogens is 3. The van der Waals surface area contributed by atoms with E-state index in [-0.39, 0.29) is 0 Å². The number of carbonyl (C=O) groups is 1. The average molecular weight is 460 g/mol. The molecule has 0 aliphatic carbocycles. The number of allylic oxidation sites excluding steroid dienone is 2. The summed E-state index contributed by atoms with van der Waals surface area (Å²) < 4.78 is -0.476. The molecular weight excluding hydrogens is 448 g/mol. The molecular formula is C16H12Cl2IN3O. The molecule has 2 aliphatic rings. The van der Waals surface area contributed by atoms with Gasteiger partial charge in [0.25, 0.3) is 5.91 Å².